The number of hydrogen-bond acceptors (Lipinski definition) is 5. The lowest BCUT2D eigenvalue weighted by atomic mass is 10.0. The number of unbranched alkanes of at least 4 members (excludes halogenated alkanes) is 43. The lowest BCUT2D eigenvalue weighted by Gasteiger charge is -2.22. The van der Waals surface area contributed by atoms with E-state index in [-0.39, 0.29) is 18.5 Å². The molecule has 2 unspecified atom stereocenters. The second-order valence-corrected chi connectivity index (χ2v) is 21.4. The molecular weight excluding hydrogens is 851 g/mol. The van der Waals surface area contributed by atoms with E-state index in [1.807, 2.05) is 0 Å². The first-order valence-electron chi connectivity index (χ1n) is 31.1. The van der Waals surface area contributed by atoms with Crippen molar-refractivity contribution in [1.82, 2.24) is 5.32 Å². The van der Waals surface area contributed by atoms with E-state index < -0.39 is 12.1 Å². The molecule has 0 aromatic carbocycles. The molecular formula is C63H121NO5. The molecule has 0 aromatic heterocycles. The zero-order valence-corrected chi connectivity index (χ0v) is 46.6. The summed E-state index contributed by atoms with van der Waals surface area (Å²) >= 11 is 0. The fraction of sp³-hybridized carbons (Fsp3) is 0.905. The van der Waals surface area contributed by atoms with Crippen LogP contribution < -0.4 is 5.32 Å². The molecule has 0 saturated carbocycles. The zero-order chi connectivity index (χ0) is 50.0. The van der Waals surface area contributed by atoms with Gasteiger partial charge in [0.05, 0.1) is 25.4 Å². The first kappa shape index (κ1) is 67.3. The maximum Gasteiger partial charge on any atom is 0.305 e. The van der Waals surface area contributed by atoms with E-state index in [0.29, 0.717) is 25.9 Å². The molecule has 0 aliphatic rings. The number of allylic oxidation sites excluding steroid dienone is 3. The molecule has 69 heavy (non-hydrogen) atoms. The molecule has 3 N–H and O–H groups in total. The van der Waals surface area contributed by atoms with Crippen molar-refractivity contribution in [3.05, 3.63) is 24.3 Å². The minimum atomic E-state index is -0.668. The van der Waals surface area contributed by atoms with Crippen LogP contribution in [-0.4, -0.2) is 47.4 Å². The van der Waals surface area contributed by atoms with E-state index in [4.69, 9.17) is 4.74 Å². The van der Waals surface area contributed by atoms with Gasteiger partial charge in [0, 0.05) is 12.8 Å². The second-order valence-electron chi connectivity index (χ2n) is 21.4. The van der Waals surface area contributed by atoms with Crippen LogP contribution in [0.2, 0.25) is 0 Å². The van der Waals surface area contributed by atoms with Crippen LogP contribution in [0.3, 0.4) is 0 Å². The Kier molecular flexibility index (Phi) is 57.5. The van der Waals surface area contributed by atoms with Crippen molar-refractivity contribution in [3.63, 3.8) is 0 Å². The minimum Gasteiger partial charge on any atom is -0.465 e. The van der Waals surface area contributed by atoms with Gasteiger partial charge < -0.3 is 20.3 Å². The first-order chi connectivity index (χ1) is 34.0. The van der Waals surface area contributed by atoms with Crippen molar-refractivity contribution in [2.24, 2.45) is 0 Å². The van der Waals surface area contributed by atoms with Crippen molar-refractivity contribution in [1.29, 1.82) is 0 Å². The van der Waals surface area contributed by atoms with Gasteiger partial charge >= 0.3 is 5.97 Å². The number of amides is 1. The summed E-state index contributed by atoms with van der Waals surface area (Å²) in [7, 11) is 0. The third-order valence-electron chi connectivity index (χ3n) is 14.5. The SMILES string of the molecule is CCCCCCCCCCCCCCCCCCCC(O)C(CO)NC(=O)CCCCCCCCCCCCCCCC/C=C\C/C=C\CCOC(=O)CCCCCCCCCCCCCCCC. The number of nitrogens with one attached hydrogen (secondary N) is 1. The lowest BCUT2D eigenvalue weighted by Crippen LogP contribution is -2.45. The van der Waals surface area contributed by atoms with Crippen LogP contribution in [0, 0.1) is 0 Å². The largest absolute Gasteiger partial charge is 0.465 e. The molecule has 1 amide bonds. The molecule has 0 aliphatic heterocycles. The van der Waals surface area contributed by atoms with Crippen molar-refractivity contribution >= 4 is 11.9 Å². The zero-order valence-electron chi connectivity index (χ0n) is 46.6. The van der Waals surface area contributed by atoms with Crippen molar-refractivity contribution in [2.75, 3.05) is 13.2 Å². The second kappa shape index (κ2) is 58.9. The molecule has 0 radical (unpaired) electrons. The smallest absolute Gasteiger partial charge is 0.305 e. The summed E-state index contributed by atoms with van der Waals surface area (Å²) < 4.78 is 5.42. The molecule has 0 aliphatic carbocycles. The summed E-state index contributed by atoms with van der Waals surface area (Å²) in [4.78, 5) is 24.5. The summed E-state index contributed by atoms with van der Waals surface area (Å²) in [5.74, 6) is -0.0695. The quantitative estimate of drug-likeness (QED) is 0.0321. The number of aliphatic hydroxyl groups excluding tert-OH is 2. The van der Waals surface area contributed by atoms with E-state index in [2.05, 4.69) is 43.5 Å². The number of rotatable bonds is 58. The molecule has 6 heteroatoms. The highest BCUT2D eigenvalue weighted by Gasteiger charge is 2.20. The fourth-order valence-corrected chi connectivity index (χ4v) is 9.77. The average molecular weight is 973 g/mol. The monoisotopic (exact) mass is 972 g/mol. The van der Waals surface area contributed by atoms with Gasteiger partial charge in [-0.25, -0.2) is 0 Å². The number of esters is 1. The molecule has 6 nitrogen and oxygen atoms in total. The van der Waals surface area contributed by atoms with Crippen LogP contribution in [0.25, 0.3) is 0 Å². The summed E-state index contributed by atoms with van der Waals surface area (Å²) in [5.41, 5.74) is 0. The maximum atomic E-state index is 12.5. The number of carbonyl (C=O) groups is 2. The normalized spacial score (nSPS) is 12.7. The van der Waals surface area contributed by atoms with Gasteiger partial charge in [0.2, 0.25) is 5.91 Å². The predicted molar refractivity (Wildman–Crippen MR) is 301 cm³/mol. The van der Waals surface area contributed by atoms with Gasteiger partial charge in [-0.05, 0) is 44.9 Å². The Morgan fingerprint density at radius 1 is 0.406 bits per heavy atom. The summed E-state index contributed by atoms with van der Waals surface area (Å²) in [6.07, 6.45) is 72.0. The summed E-state index contributed by atoms with van der Waals surface area (Å²) in [6, 6.07) is -0.545. The van der Waals surface area contributed by atoms with Crippen LogP contribution in [0.1, 0.15) is 341 Å². The van der Waals surface area contributed by atoms with Gasteiger partial charge in [-0.15, -0.1) is 0 Å². The Morgan fingerprint density at radius 2 is 0.725 bits per heavy atom. The van der Waals surface area contributed by atoms with Gasteiger partial charge in [-0.3, -0.25) is 9.59 Å². The van der Waals surface area contributed by atoms with E-state index >= 15 is 0 Å². The Bertz CT molecular complexity index is 1080. The Balaban J connectivity index is 3.44. The molecule has 408 valence electrons. The third-order valence-corrected chi connectivity index (χ3v) is 14.5. The van der Waals surface area contributed by atoms with Crippen LogP contribution in [0.4, 0.5) is 0 Å². The Labute approximate surface area is 431 Å². The fourth-order valence-electron chi connectivity index (χ4n) is 9.77. The van der Waals surface area contributed by atoms with E-state index in [1.165, 1.54) is 257 Å². The maximum absolute atomic E-state index is 12.5. The summed E-state index contributed by atoms with van der Waals surface area (Å²) in [6.45, 7) is 4.87. The van der Waals surface area contributed by atoms with Gasteiger partial charge in [0.1, 0.15) is 0 Å². The Hall–Kier alpha value is -1.66. The predicted octanol–water partition coefficient (Wildman–Crippen LogP) is 19.4. The van der Waals surface area contributed by atoms with E-state index in [0.717, 1.165) is 51.4 Å². The minimum absolute atomic E-state index is 0.0324. The highest BCUT2D eigenvalue weighted by Crippen LogP contribution is 2.18. The molecule has 0 heterocycles. The van der Waals surface area contributed by atoms with E-state index in [9.17, 15) is 19.8 Å². The van der Waals surface area contributed by atoms with Crippen LogP contribution >= 0.6 is 0 Å². The third kappa shape index (κ3) is 55.5. The molecule has 0 fully saturated rings. The van der Waals surface area contributed by atoms with Gasteiger partial charge in [-0.2, -0.15) is 0 Å². The lowest BCUT2D eigenvalue weighted by molar-refractivity contribution is -0.143. The van der Waals surface area contributed by atoms with Crippen LogP contribution in [0.5, 0.6) is 0 Å². The molecule has 0 saturated heterocycles. The van der Waals surface area contributed by atoms with Crippen LogP contribution in [0.15, 0.2) is 24.3 Å². The number of aliphatic hydroxyl groups is 2. The van der Waals surface area contributed by atoms with Gasteiger partial charge in [-0.1, -0.05) is 308 Å². The number of ether oxygens (including phenoxy) is 1. The summed E-state index contributed by atoms with van der Waals surface area (Å²) in [5, 5.41) is 23.3. The highest BCUT2D eigenvalue weighted by molar-refractivity contribution is 5.76. The van der Waals surface area contributed by atoms with E-state index in [1.54, 1.807) is 0 Å². The van der Waals surface area contributed by atoms with Crippen LogP contribution in [-0.2, 0) is 14.3 Å². The van der Waals surface area contributed by atoms with Crippen molar-refractivity contribution in [3.8, 4) is 0 Å². The highest BCUT2D eigenvalue weighted by atomic mass is 16.5. The molecule has 0 rings (SSSR count). The van der Waals surface area contributed by atoms with Crippen molar-refractivity contribution < 1.29 is 24.5 Å². The molecule has 0 aromatic rings. The van der Waals surface area contributed by atoms with Gasteiger partial charge in [0.15, 0.2) is 0 Å². The number of carbonyl (C=O) groups excluding carboxylic acids is 2. The first-order valence-corrected chi connectivity index (χ1v) is 31.1. The number of hydrogen-bond donors (Lipinski definition) is 3. The average Bonchev–Trinajstić information content (AvgIpc) is 3.35. The molecule has 0 spiro atoms. The Morgan fingerprint density at radius 3 is 1.10 bits per heavy atom. The topological polar surface area (TPSA) is 95.9 Å². The molecule has 2 atom stereocenters. The standard InChI is InChI=1S/C63H121NO5/c1-3-5-7-9-11-13-15-17-19-25-28-31-35-39-43-47-51-55-61(66)60(59-65)64-62(67)56-52-48-44-40-36-32-29-26-23-21-20-22-24-27-30-34-38-42-46-50-54-58-69-63(68)57-53-49-45-41-37-33-18-16-14-12-10-8-6-4-2/h34,38,46,50,60-61,65-66H,3-33,35-37,39-45,47-49,51-59H2,1-2H3,(H,64,67)/b38-34-,50-46-. The van der Waals surface area contributed by atoms with Crippen molar-refractivity contribution in [2.45, 2.75) is 353 Å². The molecule has 0 bridgehead atoms. The van der Waals surface area contributed by atoms with Gasteiger partial charge in [0.25, 0.3) is 0 Å².